The average molecular weight is 248 g/mol. The van der Waals surface area contributed by atoms with Gasteiger partial charge in [-0.25, -0.2) is 0 Å². The Hall–Kier alpha value is -1.33. The standard InChI is InChI=1S/C12H16N4S/c1-12(2,3)14-8-10-15-16-11(17-10)9-5-4-6-13-7-9/h4-7,14H,8H2,1-3H3. The highest BCUT2D eigenvalue weighted by Crippen LogP contribution is 2.22. The predicted molar refractivity (Wildman–Crippen MR) is 69.7 cm³/mol. The number of rotatable bonds is 3. The summed E-state index contributed by atoms with van der Waals surface area (Å²) in [5, 5.41) is 13.7. The van der Waals surface area contributed by atoms with Gasteiger partial charge in [0.15, 0.2) is 0 Å². The summed E-state index contributed by atoms with van der Waals surface area (Å²) in [4.78, 5) is 4.08. The molecule has 2 aromatic rings. The number of aromatic nitrogens is 3. The van der Waals surface area contributed by atoms with Crippen LogP contribution in [0.25, 0.3) is 10.6 Å². The minimum absolute atomic E-state index is 0.0974. The van der Waals surface area contributed by atoms with Crippen molar-refractivity contribution < 1.29 is 0 Å². The van der Waals surface area contributed by atoms with Gasteiger partial charge in [-0.05, 0) is 32.9 Å². The molecule has 2 heterocycles. The second-order valence-corrected chi connectivity index (χ2v) is 5.91. The molecule has 5 heteroatoms. The van der Waals surface area contributed by atoms with Crippen LogP contribution in [0.2, 0.25) is 0 Å². The molecule has 2 rings (SSSR count). The van der Waals surface area contributed by atoms with Gasteiger partial charge in [0.25, 0.3) is 0 Å². The summed E-state index contributed by atoms with van der Waals surface area (Å²) in [6.45, 7) is 7.16. The van der Waals surface area contributed by atoms with Crippen LogP contribution in [0.5, 0.6) is 0 Å². The molecule has 0 amide bonds. The summed E-state index contributed by atoms with van der Waals surface area (Å²) < 4.78 is 0. The van der Waals surface area contributed by atoms with E-state index in [0.717, 1.165) is 22.1 Å². The quantitative estimate of drug-likeness (QED) is 0.906. The number of pyridine rings is 1. The SMILES string of the molecule is CC(C)(C)NCc1nnc(-c2cccnc2)s1. The summed E-state index contributed by atoms with van der Waals surface area (Å²) >= 11 is 1.60. The molecule has 1 N–H and O–H groups in total. The topological polar surface area (TPSA) is 50.7 Å². The van der Waals surface area contributed by atoms with Gasteiger partial charge < -0.3 is 5.32 Å². The molecule has 2 aromatic heterocycles. The maximum atomic E-state index is 4.18. The van der Waals surface area contributed by atoms with Crippen molar-refractivity contribution in [2.45, 2.75) is 32.9 Å². The fraction of sp³-hybridized carbons (Fsp3) is 0.417. The smallest absolute Gasteiger partial charge is 0.149 e. The van der Waals surface area contributed by atoms with E-state index >= 15 is 0 Å². The van der Waals surface area contributed by atoms with Crippen molar-refractivity contribution in [1.82, 2.24) is 20.5 Å². The molecule has 0 aliphatic heterocycles. The molecule has 17 heavy (non-hydrogen) atoms. The third kappa shape index (κ3) is 3.57. The lowest BCUT2D eigenvalue weighted by Gasteiger charge is -2.19. The zero-order valence-electron chi connectivity index (χ0n) is 10.3. The maximum Gasteiger partial charge on any atom is 0.149 e. The van der Waals surface area contributed by atoms with Crippen molar-refractivity contribution in [3.63, 3.8) is 0 Å². The van der Waals surface area contributed by atoms with Crippen LogP contribution in [0.1, 0.15) is 25.8 Å². The zero-order valence-corrected chi connectivity index (χ0v) is 11.1. The summed E-state index contributed by atoms with van der Waals surface area (Å²) in [6.07, 6.45) is 3.56. The van der Waals surface area contributed by atoms with Gasteiger partial charge in [0.05, 0.1) is 6.54 Å². The highest BCUT2D eigenvalue weighted by atomic mass is 32.1. The van der Waals surface area contributed by atoms with Crippen LogP contribution in [0.15, 0.2) is 24.5 Å². The van der Waals surface area contributed by atoms with E-state index in [1.807, 2.05) is 18.3 Å². The fourth-order valence-corrected chi connectivity index (χ4v) is 2.04. The van der Waals surface area contributed by atoms with Crippen LogP contribution >= 0.6 is 11.3 Å². The Bertz CT molecular complexity index is 473. The van der Waals surface area contributed by atoms with E-state index in [4.69, 9.17) is 0 Å². The Kier molecular flexibility index (Phi) is 3.49. The molecule has 0 aromatic carbocycles. The molecule has 0 fully saturated rings. The molecule has 0 spiro atoms. The van der Waals surface area contributed by atoms with E-state index in [0.29, 0.717) is 0 Å². The summed E-state index contributed by atoms with van der Waals surface area (Å²) in [5.74, 6) is 0. The molecule has 0 bridgehead atoms. The van der Waals surface area contributed by atoms with Gasteiger partial charge in [-0.2, -0.15) is 0 Å². The van der Waals surface area contributed by atoms with E-state index in [-0.39, 0.29) is 5.54 Å². The molecule has 4 nitrogen and oxygen atoms in total. The molecule has 0 aliphatic rings. The van der Waals surface area contributed by atoms with Crippen molar-refractivity contribution in [3.05, 3.63) is 29.5 Å². The van der Waals surface area contributed by atoms with Crippen molar-refractivity contribution in [2.75, 3.05) is 0 Å². The van der Waals surface area contributed by atoms with Crippen molar-refractivity contribution in [1.29, 1.82) is 0 Å². The van der Waals surface area contributed by atoms with Gasteiger partial charge in [-0.1, -0.05) is 11.3 Å². The van der Waals surface area contributed by atoms with Gasteiger partial charge in [0.2, 0.25) is 0 Å². The highest BCUT2D eigenvalue weighted by molar-refractivity contribution is 7.14. The molecule has 0 atom stereocenters. The molecule has 0 unspecified atom stereocenters. The molecule has 90 valence electrons. The molecular weight excluding hydrogens is 232 g/mol. The molecule has 0 saturated carbocycles. The summed E-state index contributed by atoms with van der Waals surface area (Å²) in [7, 11) is 0. The van der Waals surface area contributed by atoms with Crippen LogP contribution in [-0.2, 0) is 6.54 Å². The zero-order chi connectivity index (χ0) is 12.3. The Balaban J connectivity index is 2.07. The van der Waals surface area contributed by atoms with Gasteiger partial charge in [0, 0.05) is 23.5 Å². The van der Waals surface area contributed by atoms with E-state index in [1.165, 1.54) is 0 Å². The van der Waals surface area contributed by atoms with Gasteiger partial charge >= 0.3 is 0 Å². The molecule has 0 saturated heterocycles. The first-order chi connectivity index (χ1) is 8.04. The van der Waals surface area contributed by atoms with E-state index < -0.39 is 0 Å². The monoisotopic (exact) mass is 248 g/mol. The van der Waals surface area contributed by atoms with E-state index in [9.17, 15) is 0 Å². The third-order valence-corrected chi connectivity index (χ3v) is 3.12. The predicted octanol–water partition coefficient (Wildman–Crippen LogP) is 2.49. The highest BCUT2D eigenvalue weighted by Gasteiger charge is 2.11. The third-order valence-electron chi connectivity index (χ3n) is 2.15. The lowest BCUT2D eigenvalue weighted by atomic mass is 10.1. The number of nitrogens with zero attached hydrogens (tertiary/aromatic N) is 3. The molecular formula is C12H16N4S. The van der Waals surface area contributed by atoms with Crippen LogP contribution in [0, 0.1) is 0 Å². The normalized spacial score (nSPS) is 11.7. The Morgan fingerprint density at radius 2 is 2.12 bits per heavy atom. The maximum absolute atomic E-state index is 4.18. The minimum Gasteiger partial charge on any atom is -0.306 e. The fourth-order valence-electron chi connectivity index (χ4n) is 1.27. The second-order valence-electron chi connectivity index (χ2n) is 4.85. The Morgan fingerprint density at radius 3 is 2.76 bits per heavy atom. The average Bonchev–Trinajstić information content (AvgIpc) is 2.75. The van der Waals surface area contributed by atoms with Crippen molar-refractivity contribution >= 4 is 11.3 Å². The second kappa shape index (κ2) is 4.89. The summed E-state index contributed by atoms with van der Waals surface area (Å²) in [6, 6.07) is 3.90. The van der Waals surface area contributed by atoms with Crippen LogP contribution in [0.4, 0.5) is 0 Å². The molecule has 0 radical (unpaired) electrons. The lowest BCUT2D eigenvalue weighted by Crippen LogP contribution is -2.35. The largest absolute Gasteiger partial charge is 0.306 e. The van der Waals surface area contributed by atoms with Crippen LogP contribution in [0.3, 0.4) is 0 Å². The van der Waals surface area contributed by atoms with Gasteiger partial charge in [-0.3, -0.25) is 4.98 Å². The van der Waals surface area contributed by atoms with Crippen molar-refractivity contribution in [3.8, 4) is 10.6 Å². The number of nitrogens with one attached hydrogen (secondary N) is 1. The number of hydrogen-bond acceptors (Lipinski definition) is 5. The molecule has 0 aliphatic carbocycles. The van der Waals surface area contributed by atoms with Crippen LogP contribution < -0.4 is 5.32 Å². The van der Waals surface area contributed by atoms with E-state index in [2.05, 4.69) is 41.3 Å². The first-order valence-electron chi connectivity index (χ1n) is 5.52. The Morgan fingerprint density at radius 1 is 1.29 bits per heavy atom. The minimum atomic E-state index is 0.0974. The number of hydrogen-bond donors (Lipinski definition) is 1. The van der Waals surface area contributed by atoms with Crippen molar-refractivity contribution in [2.24, 2.45) is 0 Å². The summed E-state index contributed by atoms with van der Waals surface area (Å²) in [5.41, 5.74) is 1.12. The Labute approximate surface area is 105 Å². The van der Waals surface area contributed by atoms with Crippen LogP contribution in [-0.4, -0.2) is 20.7 Å². The first-order valence-corrected chi connectivity index (χ1v) is 6.34. The van der Waals surface area contributed by atoms with Gasteiger partial charge in [-0.15, -0.1) is 10.2 Å². The van der Waals surface area contributed by atoms with Gasteiger partial charge in [0.1, 0.15) is 10.0 Å². The lowest BCUT2D eigenvalue weighted by molar-refractivity contribution is 0.423. The first kappa shape index (κ1) is 12.1. The van der Waals surface area contributed by atoms with E-state index in [1.54, 1.807) is 17.5 Å².